The second-order valence-electron chi connectivity index (χ2n) is 6.94. The molecule has 0 saturated carbocycles. The number of nitrogens with zero attached hydrogens (tertiary/aromatic N) is 5. The van der Waals surface area contributed by atoms with E-state index in [-0.39, 0.29) is 5.91 Å². The second-order valence-corrected chi connectivity index (χ2v) is 8.87. The van der Waals surface area contributed by atoms with Crippen molar-refractivity contribution in [2.75, 3.05) is 31.9 Å². The number of rotatable bonds is 7. The summed E-state index contributed by atoms with van der Waals surface area (Å²) in [7, 11) is 0. The number of aryl methyl sites for hydroxylation is 2. The van der Waals surface area contributed by atoms with Gasteiger partial charge in [-0.25, -0.2) is 0 Å². The summed E-state index contributed by atoms with van der Waals surface area (Å²) in [5.41, 5.74) is 1.99. The molecule has 3 aromatic rings. The molecular weight excluding hydrogens is 410 g/mol. The van der Waals surface area contributed by atoms with Crippen molar-refractivity contribution < 1.29 is 13.8 Å². The van der Waals surface area contributed by atoms with Gasteiger partial charge in [-0.05, 0) is 25.3 Å². The molecule has 3 aromatic heterocycles. The highest BCUT2D eigenvalue weighted by Crippen LogP contribution is 2.22. The standard InChI is InChI=1S/C19H23N5O3S2/c1-13-15(14(2)26-21-13)11-28-12-18(25)24-7-5-23(6-8-24)10-17-20-19(22-27-17)16-4-3-9-29-16/h3-4,9H,5-8,10-12H2,1-2H3. The van der Waals surface area contributed by atoms with Gasteiger partial charge in [0, 0.05) is 37.5 Å². The van der Waals surface area contributed by atoms with E-state index in [1.807, 2.05) is 36.3 Å². The number of carbonyl (C=O) groups is 1. The Bertz CT molecular complexity index is 926. The van der Waals surface area contributed by atoms with E-state index in [0.29, 0.717) is 24.0 Å². The minimum Gasteiger partial charge on any atom is -0.361 e. The molecule has 0 aromatic carbocycles. The van der Waals surface area contributed by atoms with Gasteiger partial charge in [-0.2, -0.15) is 4.98 Å². The van der Waals surface area contributed by atoms with E-state index in [4.69, 9.17) is 9.05 Å². The lowest BCUT2D eigenvalue weighted by atomic mass is 10.2. The van der Waals surface area contributed by atoms with Gasteiger partial charge in [0.25, 0.3) is 0 Å². The van der Waals surface area contributed by atoms with Gasteiger partial charge in [0.2, 0.25) is 17.6 Å². The predicted molar refractivity (Wildman–Crippen MR) is 112 cm³/mol. The Labute approximate surface area is 177 Å². The van der Waals surface area contributed by atoms with E-state index in [2.05, 4.69) is 20.2 Å². The largest absolute Gasteiger partial charge is 0.361 e. The quantitative estimate of drug-likeness (QED) is 0.562. The first kappa shape index (κ1) is 20.1. The van der Waals surface area contributed by atoms with Gasteiger partial charge < -0.3 is 13.9 Å². The first-order valence-corrected chi connectivity index (χ1v) is 11.5. The van der Waals surface area contributed by atoms with Crippen LogP contribution in [0.15, 0.2) is 26.6 Å². The molecule has 4 rings (SSSR count). The van der Waals surface area contributed by atoms with Crippen LogP contribution in [0.25, 0.3) is 10.7 Å². The van der Waals surface area contributed by atoms with Crippen LogP contribution >= 0.6 is 23.1 Å². The zero-order valence-electron chi connectivity index (χ0n) is 16.5. The zero-order chi connectivity index (χ0) is 20.2. The van der Waals surface area contributed by atoms with E-state index in [1.165, 1.54) is 0 Å². The van der Waals surface area contributed by atoms with E-state index < -0.39 is 0 Å². The van der Waals surface area contributed by atoms with Crippen LogP contribution in [0.1, 0.15) is 22.9 Å². The van der Waals surface area contributed by atoms with Gasteiger partial charge in [0.15, 0.2) is 0 Å². The van der Waals surface area contributed by atoms with Gasteiger partial charge in [-0.1, -0.05) is 16.4 Å². The average Bonchev–Trinajstić information content (AvgIpc) is 3.46. The first-order valence-electron chi connectivity index (χ1n) is 9.46. The molecule has 29 heavy (non-hydrogen) atoms. The molecule has 0 atom stereocenters. The lowest BCUT2D eigenvalue weighted by Crippen LogP contribution is -2.48. The number of hydrogen-bond donors (Lipinski definition) is 0. The first-order chi connectivity index (χ1) is 14.1. The van der Waals surface area contributed by atoms with Gasteiger partial charge in [-0.3, -0.25) is 9.69 Å². The van der Waals surface area contributed by atoms with Crippen LogP contribution < -0.4 is 0 Å². The highest BCUT2D eigenvalue weighted by atomic mass is 32.2. The minimum atomic E-state index is 0.180. The molecule has 1 amide bonds. The van der Waals surface area contributed by atoms with Crippen LogP contribution in [0.4, 0.5) is 0 Å². The molecule has 1 aliphatic rings. The molecule has 0 aliphatic carbocycles. The molecule has 1 saturated heterocycles. The third-order valence-corrected chi connectivity index (χ3v) is 6.76. The zero-order valence-corrected chi connectivity index (χ0v) is 18.1. The molecule has 10 heteroatoms. The molecule has 0 unspecified atom stereocenters. The molecule has 8 nitrogen and oxygen atoms in total. The number of hydrogen-bond acceptors (Lipinski definition) is 9. The highest BCUT2D eigenvalue weighted by Gasteiger charge is 2.23. The van der Waals surface area contributed by atoms with Crippen LogP contribution in [0, 0.1) is 13.8 Å². The third-order valence-electron chi connectivity index (χ3n) is 4.95. The summed E-state index contributed by atoms with van der Waals surface area (Å²) in [5.74, 6) is 3.48. The summed E-state index contributed by atoms with van der Waals surface area (Å²) in [6.07, 6.45) is 0. The molecule has 4 heterocycles. The second kappa shape index (κ2) is 9.10. The van der Waals surface area contributed by atoms with Crippen molar-refractivity contribution in [1.29, 1.82) is 0 Å². The summed E-state index contributed by atoms with van der Waals surface area (Å²) in [6, 6.07) is 3.95. The molecule has 154 valence electrons. The fourth-order valence-electron chi connectivity index (χ4n) is 3.21. The van der Waals surface area contributed by atoms with Crippen LogP contribution in [-0.2, 0) is 17.1 Å². The Morgan fingerprint density at radius 1 is 1.21 bits per heavy atom. The van der Waals surface area contributed by atoms with Gasteiger partial charge in [-0.15, -0.1) is 23.1 Å². The smallest absolute Gasteiger partial charge is 0.241 e. The minimum absolute atomic E-state index is 0.180. The van der Waals surface area contributed by atoms with Crippen molar-refractivity contribution in [2.45, 2.75) is 26.1 Å². The fourth-order valence-corrected chi connectivity index (χ4v) is 4.94. The summed E-state index contributed by atoms with van der Waals surface area (Å²) < 4.78 is 10.6. The van der Waals surface area contributed by atoms with E-state index in [9.17, 15) is 4.79 Å². The summed E-state index contributed by atoms with van der Waals surface area (Å²) in [4.78, 5) is 22.2. The van der Waals surface area contributed by atoms with Crippen LogP contribution in [0.2, 0.25) is 0 Å². The number of carbonyl (C=O) groups excluding carboxylic acids is 1. The Hall–Kier alpha value is -2.17. The summed E-state index contributed by atoms with van der Waals surface area (Å²) >= 11 is 3.20. The molecule has 1 aliphatic heterocycles. The molecule has 0 N–H and O–H groups in total. The van der Waals surface area contributed by atoms with E-state index in [0.717, 1.165) is 53.8 Å². The SMILES string of the molecule is Cc1noc(C)c1CSCC(=O)N1CCN(Cc2nc(-c3cccs3)no2)CC1. The molecule has 0 spiro atoms. The van der Waals surface area contributed by atoms with E-state index in [1.54, 1.807) is 23.1 Å². The number of aromatic nitrogens is 3. The fraction of sp³-hybridized carbons (Fsp3) is 0.474. The van der Waals surface area contributed by atoms with Crippen LogP contribution in [-0.4, -0.2) is 62.9 Å². The van der Waals surface area contributed by atoms with E-state index >= 15 is 0 Å². The maximum Gasteiger partial charge on any atom is 0.241 e. The summed E-state index contributed by atoms with van der Waals surface area (Å²) in [5, 5.41) is 10.0. The number of piperazine rings is 1. The average molecular weight is 434 g/mol. The van der Waals surface area contributed by atoms with Gasteiger partial charge in [0.1, 0.15) is 5.76 Å². The third kappa shape index (κ3) is 4.88. The number of thiophene rings is 1. The number of amides is 1. The van der Waals surface area contributed by atoms with Crippen molar-refractivity contribution in [3.63, 3.8) is 0 Å². The molecule has 0 radical (unpaired) electrons. The maximum atomic E-state index is 12.5. The highest BCUT2D eigenvalue weighted by molar-refractivity contribution is 7.99. The Morgan fingerprint density at radius 2 is 2.03 bits per heavy atom. The van der Waals surface area contributed by atoms with Crippen molar-refractivity contribution in [1.82, 2.24) is 25.1 Å². The van der Waals surface area contributed by atoms with Crippen LogP contribution in [0.3, 0.4) is 0 Å². The Balaban J connectivity index is 1.20. The monoisotopic (exact) mass is 433 g/mol. The van der Waals surface area contributed by atoms with Crippen LogP contribution in [0.5, 0.6) is 0 Å². The Kier molecular flexibility index (Phi) is 6.31. The number of thioether (sulfide) groups is 1. The van der Waals surface area contributed by atoms with Gasteiger partial charge >= 0.3 is 0 Å². The predicted octanol–water partition coefficient (Wildman–Crippen LogP) is 2.98. The van der Waals surface area contributed by atoms with Crippen molar-refractivity contribution >= 4 is 29.0 Å². The topological polar surface area (TPSA) is 88.5 Å². The Morgan fingerprint density at radius 3 is 2.72 bits per heavy atom. The summed E-state index contributed by atoms with van der Waals surface area (Å²) in [6.45, 7) is 7.49. The van der Waals surface area contributed by atoms with Crippen molar-refractivity contribution in [3.8, 4) is 10.7 Å². The molecule has 1 fully saturated rings. The maximum absolute atomic E-state index is 12.5. The van der Waals surface area contributed by atoms with Gasteiger partial charge in [0.05, 0.1) is 22.9 Å². The molecular formula is C19H23N5O3S2. The lowest BCUT2D eigenvalue weighted by Gasteiger charge is -2.33. The lowest BCUT2D eigenvalue weighted by molar-refractivity contribution is -0.130. The van der Waals surface area contributed by atoms with Crippen molar-refractivity contribution in [2.24, 2.45) is 0 Å². The normalized spacial score (nSPS) is 15.2. The van der Waals surface area contributed by atoms with Crippen molar-refractivity contribution in [3.05, 3.63) is 40.4 Å². The molecule has 0 bridgehead atoms.